The van der Waals surface area contributed by atoms with E-state index in [1.807, 2.05) is 24.3 Å². The van der Waals surface area contributed by atoms with Gasteiger partial charge >= 0.3 is 6.09 Å². The minimum absolute atomic E-state index is 0. The Morgan fingerprint density at radius 1 is 1.22 bits per heavy atom. The largest absolute Gasteiger partial charge is 0.453 e. The van der Waals surface area contributed by atoms with Gasteiger partial charge in [-0.15, -0.1) is 35.3 Å². The standard InChI is InChI=1S/C18H25N5O2S.HI/c1-12(2)15-11-26-16(23-15)10-21-17(19-3)20-9-13-5-7-14(8-6-13)22-18(24)25-4;/h5-8,11-12H,9-10H2,1-4H3,(H,22,24)(H2,19,20,21);1H. The first kappa shape index (κ1) is 23.2. The van der Waals surface area contributed by atoms with Crippen LogP contribution in [0.15, 0.2) is 34.6 Å². The molecule has 0 radical (unpaired) electrons. The number of nitrogens with one attached hydrogen (secondary N) is 3. The lowest BCUT2D eigenvalue weighted by Crippen LogP contribution is -2.36. The van der Waals surface area contributed by atoms with Gasteiger partial charge < -0.3 is 15.4 Å². The molecule has 9 heteroatoms. The molecule has 3 N–H and O–H groups in total. The van der Waals surface area contributed by atoms with Crippen molar-refractivity contribution in [2.24, 2.45) is 4.99 Å². The van der Waals surface area contributed by atoms with E-state index >= 15 is 0 Å². The SMILES string of the molecule is CN=C(NCc1ccc(NC(=O)OC)cc1)NCc1nc(C(C)C)cs1.I. The highest BCUT2D eigenvalue weighted by molar-refractivity contribution is 14.0. The molecule has 0 saturated heterocycles. The van der Waals surface area contributed by atoms with E-state index in [4.69, 9.17) is 0 Å². The summed E-state index contributed by atoms with van der Waals surface area (Å²) < 4.78 is 4.57. The number of hydrogen-bond acceptors (Lipinski definition) is 5. The quantitative estimate of drug-likeness (QED) is 0.316. The van der Waals surface area contributed by atoms with Crippen molar-refractivity contribution in [1.29, 1.82) is 0 Å². The summed E-state index contributed by atoms with van der Waals surface area (Å²) in [7, 11) is 3.07. The van der Waals surface area contributed by atoms with Gasteiger partial charge in [0.2, 0.25) is 0 Å². The molecule has 1 aromatic carbocycles. The van der Waals surface area contributed by atoms with Crippen molar-refractivity contribution in [3.63, 3.8) is 0 Å². The predicted octanol–water partition coefficient (Wildman–Crippen LogP) is 3.93. The lowest BCUT2D eigenvalue weighted by atomic mass is 10.2. The van der Waals surface area contributed by atoms with Gasteiger partial charge in [0.1, 0.15) is 5.01 Å². The maximum atomic E-state index is 11.2. The molecule has 7 nitrogen and oxygen atoms in total. The summed E-state index contributed by atoms with van der Waals surface area (Å²) in [6, 6.07) is 7.52. The maximum Gasteiger partial charge on any atom is 0.411 e. The molecule has 0 fully saturated rings. The number of carbonyl (C=O) groups excluding carboxylic acids is 1. The van der Waals surface area contributed by atoms with Gasteiger partial charge in [0.25, 0.3) is 0 Å². The van der Waals surface area contributed by atoms with Crippen LogP contribution in [0.25, 0.3) is 0 Å². The van der Waals surface area contributed by atoms with E-state index in [2.05, 4.69) is 49.9 Å². The van der Waals surface area contributed by atoms with E-state index in [0.717, 1.165) is 16.3 Å². The summed E-state index contributed by atoms with van der Waals surface area (Å²) in [5.74, 6) is 1.15. The Labute approximate surface area is 181 Å². The number of carbonyl (C=O) groups is 1. The number of amides is 1. The second-order valence-electron chi connectivity index (χ2n) is 5.91. The number of rotatable bonds is 6. The van der Waals surface area contributed by atoms with E-state index in [0.29, 0.717) is 30.7 Å². The summed E-state index contributed by atoms with van der Waals surface area (Å²) in [6.07, 6.45) is -0.483. The number of guanidine groups is 1. The van der Waals surface area contributed by atoms with E-state index in [9.17, 15) is 4.79 Å². The molecule has 0 aliphatic carbocycles. The molecule has 0 spiro atoms. The minimum Gasteiger partial charge on any atom is -0.453 e. The van der Waals surface area contributed by atoms with Gasteiger partial charge in [0.15, 0.2) is 5.96 Å². The molecule has 27 heavy (non-hydrogen) atoms. The van der Waals surface area contributed by atoms with Crippen molar-refractivity contribution in [2.45, 2.75) is 32.9 Å². The molecule has 0 saturated carbocycles. The molecule has 1 amide bonds. The summed E-state index contributed by atoms with van der Waals surface area (Å²) in [5.41, 5.74) is 2.88. The Hall–Kier alpha value is -1.88. The van der Waals surface area contributed by atoms with Crippen molar-refractivity contribution in [2.75, 3.05) is 19.5 Å². The van der Waals surface area contributed by atoms with Crippen LogP contribution in [0.2, 0.25) is 0 Å². The molecule has 148 valence electrons. The number of thiazole rings is 1. The molecular weight excluding hydrogens is 477 g/mol. The fraction of sp³-hybridized carbons (Fsp3) is 0.389. The first-order valence-corrected chi connectivity index (χ1v) is 9.22. The van der Waals surface area contributed by atoms with Gasteiger partial charge in [-0.1, -0.05) is 26.0 Å². The normalized spacial score (nSPS) is 10.9. The molecule has 0 aliphatic heterocycles. The maximum absolute atomic E-state index is 11.2. The van der Waals surface area contributed by atoms with Crippen LogP contribution in [-0.4, -0.2) is 31.2 Å². The van der Waals surface area contributed by atoms with Crippen LogP contribution in [-0.2, 0) is 17.8 Å². The molecule has 0 bridgehead atoms. The number of aromatic nitrogens is 1. The van der Waals surface area contributed by atoms with Gasteiger partial charge in [-0.3, -0.25) is 10.3 Å². The van der Waals surface area contributed by atoms with Crippen molar-refractivity contribution in [3.05, 3.63) is 45.9 Å². The zero-order valence-electron chi connectivity index (χ0n) is 15.9. The summed E-state index contributed by atoms with van der Waals surface area (Å²) in [5, 5.41) is 12.3. The smallest absolute Gasteiger partial charge is 0.411 e. The van der Waals surface area contributed by atoms with Crippen LogP contribution in [0.3, 0.4) is 0 Å². The third-order valence-corrected chi connectivity index (χ3v) is 4.50. The van der Waals surface area contributed by atoms with Crippen LogP contribution >= 0.6 is 35.3 Å². The van der Waals surface area contributed by atoms with Crippen molar-refractivity contribution in [3.8, 4) is 0 Å². The fourth-order valence-electron chi connectivity index (χ4n) is 2.11. The molecule has 2 aromatic rings. The van der Waals surface area contributed by atoms with Crippen molar-refractivity contribution in [1.82, 2.24) is 15.6 Å². The molecule has 1 aromatic heterocycles. The second kappa shape index (κ2) is 11.8. The van der Waals surface area contributed by atoms with Crippen LogP contribution in [0, 0.1) is 0 Å². The Bertz CT molecular complexity index is 746. The number of hydrogen-bond donors (Lipinski definition) is 3. The van der Waals surface area contributed by atoms with E-state index < -0.39 is 6.09 Å². The molecule has 0 aliphatic rings. The number of halogens is 1. The topological polar surface area (TPSA) is 87.6 Å². The van der Waals surface area contributed by atoms with Gasteiger partial charge in [-0.2, -0.15) is 0 Å². The number of nitrogens with zero attached hydrogens (tertiary/aromatic N) is 2. The highest BCUT2D eigenvalue weighted by Crippen LogP contribution is 2.17. The van der Waals surface area contributed by atoms with Gasteiger partial charge in [0, 0.05) is 24.7 Å². The predicted molar refractivity (Wildman–Crippen MR) is 121 cm³/mol. The fourth-order valence-corrected chi connectivity index (χ4v) is 3.01. The Morgan fingerprint density at radius 3 is 2.44 bits per heavy atom. The third kappa shape index (κ3) is 7.71. The van der Waals surface area contributed by atoms with E-state index in [1.54, 1.807) is 18.4 Å². The lowest BCUT2D eigenvalue weighted by molar-refractivity contribution is 0.187. The summed E-state index contributed by atoms with van der Waals surface area (Å²) in [4.78, 5) is 20.0. The number of anilines is 1. The average Bonchev–Trinajstić information content (AvgIpc) is 3.12. The zero-order chi connectivity index (χ0) is 18.9. The first-order valence-electron chi connectivity index (χ1n) is 8.34. The van der Waals surface area contributed by atoms with E-state index in [1.165, 1.54) is 7.11 Å². The minimum atomic E-state index is -0.483. The molecule has 1 heterocycles. The first-order chi connectivity index (χ1) is 12.5. The van der Waals surface area contributed by atoms with Crippen molar-refractivity contribution >= 4 is 53.1 Å². The summed E-state index contributed by atoms with van der Waals surface area (Å²) >= 11 is 1.65. The third-order valence-electron chi connectivity index (χ3n) is 3.64. The lowest BCUT2D eigenvalue weighted by Gasteiger charge is -2.11. The highest BCUT2D eigenvalue weighted by atomic mass is 127. The monoisotopic (exact) mass is 503 g/mol. The number of aliphatic imine (C=N–C) groups is 1. The van der Waals surface area contributed by atoms with Crippen LogP contribution in [0.1, 0.15) is 36.0 Å². The second-order valence-corrected chi connectivity index (χ2v) is 6.86. The van der Waals surface area contributed by atoms with Gasteiger partial charge in [-0.05, 0) is 23.6 Å². The number of benzene rings is 1. The Kier molecular flexibility index (Phi) is 10.1. The highest BCUT2D eigenvalue weighted by Gasteiger charge is 2.06. The molecule has 0 unspecified atom stereocenters. The van der Waals surface area contributed by atoms with Crippen LogP contribution in [0.4, 0.5) is 10.5 Å². The Morgan fingerprint density at radius 2 is 1.89 bits per heavy atom. The summed E-state index contributed by atoms with van der Waals surface area (Å²) in [6.45, 7) is 5.53. The number of methoxy groups -OCH3 is 1. The van der Waals surface area contributed by atoms with Gasteiger partial charge in [-0.25, -0.2) is 9.78 Å². The average molecular weight is 503 g/mol. The zero-order valence-corrected chi connectivity index (χ0v) is 19.1. The Balaban J connectivity index is 0.00000364. The van der Waals surface area contributed by atoms with Crippen LogP contribution < -0.4 is 16.0 Å². The van der Waals surface area contributed by atoms with Crippen LogP contribution in [0.5, 0.6) is 0 Å². The number of ether oxygens (including phenoxy) is 1. The molecule has 0 atom stereocenters. The van der Waals surface area contributed by atoms with E-state index in [-0.39, 0.29) is 24.0 Å². The molecular formula is C18H26IN5O2S. The van der Waals surface area contributed by atoms with Gasteiger partial charge in [0.05, 0.1) is 19.3 Å². The molecule has 2 rings (SSSR count). The van der Waals surface area contributed by atoms with Crippen molar-refractivity contribution < 1.29 is 9.53 Å².